The summed E-state index contributed by atoms with van der Waals surface area (Å²) in [7, 11) is 0. The zero-order chi connectivity index (χ0) is 10.8. The van der Waals surface area contributed by atoms with Crippen molar-refractivity contribution in [1.29, 1.82) is 0 Å². The minimum Gasteiger partial charge on any atom is -0.477 e. The number of ether oxygens (including phenoxy) is 1. The van der Waals surface area contributed by atoms with Crippen molar-refractivity contribution >= 4 is 17.7 Å². The fourth-order valence-corrected chi connectivity index (χ4v) is 4.17. The van der Waals surface area contributed by atoms with E-state index < -0.39 is 0 Å². The van der Waals surface area contributed by atoms with E-state index in [2.05, 4.69) is 0 Å². The van der Waals surface area contributed by atoms with Crippen LogP contribution in [0.25, 0.3) is 0 Å². The molecule has 0 aromatic rings. The van der Waals surface area contributed by atoms with Crippen LogP contribution in [0, 0.1) is 5.92 Å². The Kier molecular flexibility index (Phi) is 3.41. The Morgan fingerprint density at radius 1 is 1.12 bits per heavy atom. The number of nitrogens with zero attached hydrogens (tertiary/aromatic N) is 1. The maximum atomic E-state index is 6.07. The van der Waals surface area contributed by atoms with Crippen LogP contribution in [0.3, 0.4) is 0 Å². The Morgan fingerprint density at radius 3 is 2.88 bits per heavy atom. The smallest absolute Gasteiger partial charge is 0.184 e. The highest BCUT2D eigenvalue weighted by Gasteiger charge is 2.33. The number of rotatable bonds is 1. The molecule has 2 nitrogen and oxygen atoms in total. The Morgan fingerprint density at radius 2 is 2.06 bits per heavy atom. The highest BCUT2D eigenvalue weighted by atomic mass is 32.2. The van der Waals surface area contributed by atoms with Gasteiger partial charge in [-0.25, -0.2) is 0 Å². The number of hydrogen-bond acceptors (Lipinski definition) is 3. The average Bonchev–Trinajstić information content (AvgIpc) is 2.72. The van der Waals surface area contributed by atoms with Gasteiger partial charge >= 0.3 is 0 Å². The number of aliphatic imine (C=N–C) groups is 1. The standard InChI is InChI=1S/C13H21NOS/c1-2-6-12-10(4-1)8-13(14-12)15-11-5-3-7-16-9-11/h10-12H,1-9H2. The highest BCUT2D eigenvalue weighted by molar-refractivity contribution is 7.99. The van der Waals surface area contributed by atoms with Crippen LogP contribution in [0.5, 0.6) is 0 Å². The van der Waals surface area contributed by atoms with Crippen LogP contribution in [0.1, 0.15) is 44.9 Å². The first kappa shape index (κ1) is 10.9. The fourth-order valence-electron chi connectivity index (χ4n) is 3.13. The van der Waals surface area contributed by atoms with Crippen LogP contribution in [0.4, 0.5) is 0 Å². The third-order valence-electron chi connectivity index (χ3n) is 4.04. The lowest BCUT2D eigenvalue weighted by Gasteiger charge is -2.23. The molecule has 3 heteroatoms. The molecule has 2 aliphatic heterocycles. The Labute approximate surface area is 102 Å². The zero-order valence-corrected chi connectivity index (χ0v) is 10.7. The summed E-state index contributed by atoms with van der Waals surface area (Å²) in [5.41, 5.74) is 0. The van der Waals surface area contributed by atoms with Crippen LogP contribution in [0.15, 0.2) is 4.99 Å². The van der Waals surface area contributed by atoms with Gasteiger partial charge in [-0.3, -0.25) is 4.99 Å². The molecule has 1 aliphatic carbocycles. The molecule has 2 heterocycles. The molecule has 0 aromatic carbocycles. The van der Waals surface area contributed by atoms with Crippen molar-refractivity contribution in [3.8, 4) is 0 Å². The minimum absolute atomic E-state index is 0.456. The predicted molar refractivity (Wildman–Crippen MR) is 69.2 cm³/mol. The van der Waals surface area contributed by atoms with Crippen molar-refractivity contribution in [2.75, 3.05) is 11.5 Å². The summed E-state index contributed by atoms with van der Waals surface area (Å²) in [4.78, 5) is 4.79. The summed E-state index contributed by atoms with van der Waals surface area (Å²) < 4.78 is 6.07. The van der Waals surface area contributed by atoms with E-state index in [0.29, 0.717) is 12.1 Å². The van der Waals surface area contributed by atoms with Crippen molar-refractivity contribution in [3.05, 3.63) is 0 Å². The second kappa shape index (κ2) is 4.99. The van der Waals surface area contributed by atoms with Crippen molar-refractivity contribution < 1.29 is 4.74 Å². The van der Waals surface area contributed by atoms with Gasteiger partial charge in [-0.15, -0.1) is 0 Å². The summed E-state index contributed by atoms with van der Waals surface area (Å²) in [5, 5.41) is 0. The van der Waals surface area contributed by atoms with Gasteiger partial charge in [0.2, 0.25) is 0 Å². The number of thioether (sulfide) groups is 1. The van der Waals surface area contributed by atoms with Crippen LogP contribution in [0.2, 0.25) is 0 Å². The second-order valence-corrected chi connectivity index (χ2v) is 6.45. The van der Waals surface area contributed by atoms with Crippen molar-refractivity contribution in [2.45, 2.75) is 57.1 Å². The monoisotopic (exact) mass is 239 g/mol. The lowest BCUT2D eigenvalue weighted by molar-refractivity contribution is 0.192. The van der Waals surface area contributed by atoms with Crippen molar-refractivity contribution in [1.82, 2.24) is 0 Å². The second-order valence-electron chi connectivity index (χ2n) is 5.30. The summed E-state index contributed by atoms with van der Waals surface area (Å²) >= 11 is 2.03. The molecule has 0 spiro atoms. The van der Waals surface area contributed by atoms with E-state index in [1.165, 1.54) is 50.0 Å². The zero-order valence-electron chi connectivity index (χ0n) is 9.86. The molecule has 16 heavy (non-hydrogen) atoms. The van der Waals surface area contributed by atoms with Crippen molar-refractivity contribution in [3.63, 3.8) is 0 Å². The molecule has 0 amide bonds. The van der Waals surface area contributed by atoms with Gasteiger partial charge in [0.05, 0.1) is 6.04 Å². The molecule has 3 aliphatic rings. The molecule has 0 N–H and O–H groups in total. The van der Waals surface area contributed by atoms with Gasteiger partial charge in [0, 0.05) is 12.2 Å². The molecule has 1 saturated carbocycles. The summed E-state index contributed by atoms with van der Waals surface area (Å²) in [6.45, 7) is 0. The Hall–Kier alpha value is -0.180. The number of hydrogen-bond donors (Lipinski definition) is 0. The molecule has 3 atom stereocenters. The van der Waals surface area contributed by atoms with Crippen LogP contribution >= 0.6 is 11.8 Å². The predicted octanol–water partition coefficient (Wildman–Crippen LogP) is 3.26. The van der Waals surface area contributed by atoms with Crippen molar-refractivity contribution in [2.24, 2.45) is 10.9 Å². The molecule has 0 aromatic heterocycles. The minimum atomic E-state index is 0.456. The Bertz CT molecular complexity index is 273. The molecular weight excluding hydrogens is 218 g/mol. The van der Waals surface area contributed by atoms with Gasteiger partial charge < -0.3 is 4.74 Å². The number of fused-ring (bicyclic) bond motifs is 1. The first-order valence-electron chi connectivity index (χ1n) is 6.73. The van der Waals surface area contributed by atoms with E-state index in [9.17, 15) is 0 Å². The maximum Gasteiger partial charge on any atom is 0.184 e. The van der Waals surface area contributed by atoms with Gasteiger partial charge in [0.1, 0.15) is 6.10 Å². The van der Waals surface area contributed by atoms with E-state index in [1.54, 1.807) is 0 Å². The maximum absolute atomic E-state index is 6.07. The average molecular weight is 239 g/mol. The van der Waals surface area contributed by atoms with Crippen LogP contribution in [-0.2, 0) is 4.74 Å². The fraction of sp³-hybridized carbons (Fsp3) is 0.923. The topological polar surface area (TPSA) is 21.6 Å². The van der Waals surface area contributed by atoms with Gasteiger partial charge in [-0.1, -0.05) is 12.8 Å². The summed E-state index contributed by atoms with van der Waals surface area (Å²) in [6.07, 6.45) is 9.60. The molecule has 90 valence electrons. The first-order valence-corrected chi connectivity index (χ1v) is 7.88. The molecular formula is C13H21NOS. The van der Waals surface area contributed by atoms with E-state index in [-0.39, 0.29) is 0 Å². The van der Waals surface area contributed by atoms with Gasteiger partial charge in [-0.05, 0) is 37.4 Å². The van der Waals surface area contributed by atoms with Crippen LogP contribution < -0.4 is 0 Å². The Balaban J connectivity index is 1.55. The summed E-state index contributed by atoms with van der Waals surface area (Å²) in [5.74, 6) is 4.40. The van der Waals surface area contributed by atoms with E-state index in [0.717, 1.165) is 18.2 Å². The van der Waals surface area contributed by atoms with Gasteiger partial charge in [0.25, 0.3) is 0 Å². The molecule has 3 rings (SSSR count). The lowest BCUT2D eigenvalue weighted by atomic mass is 9.85. The van der Waals surface area contributed by atoms with E-state index in [1.807, 2.05) is 11.8 Å². The molecule has 0 bridgehead atoms. The van der Waals surface area contributed by atoms with Gasteiger partial charge in [0.15, 0.2) is 5.90 Å². The third-order valence-corrected chi connectivity index (χ3v) is 5.22. The SMILES string of the molecule is C1CSCC(OC2=NC3CCCCC3C2)C1. The van der Waals surface area contributed by atoms with E-state index in [4.69, 9.17) is 9.73 Å². The molecule has 3 unspecified atom stereocenters. The quantitative estimate of drug-likeness (QED) is 0.700. The summed E-state index contributed by atoms with van der Waals surface area (Å²) in [6, 6.07) is 0.611. The van der Waals surface area contributed by atoms with Crippen LogP contribution in [-0.4, -0.2) is 29.5 Å². The third kappa shape index (κ3) is 2.39. The molecule has 0 radical (unpaired) electrons. The normalized spacial score (nSPS) is 39.0. The molecule has 1 saturated heterocycles. The first-order chi connectivity index (χ1) is 7.92. The highest BCUT2D eigenvalue weighted by Crippen LogP contribution is 2.35. The largest absolute Gasteiger partial charge is 0.477 e. The van der Waals surface area contributed by atoms with Gasteiger partial charge in [-0.2, -0.15) is 11.8 Å². The lowest BCUT2D eigenvalue weighted by Crippen LogP contribution is -2.23. The molecule has 2 fully saturated rings. The van der Waals surface area contributed by atoms with E-state index >= 15 is 0 Å².